The topological polar surface area (TPSA) is 80.3 Å². The first-order valence-corrected chi connectivity index (χ1v) is 8.41. The molecule has 20 heavy (non-hydrogen) atoms. The summed E-state index contributed by atoms with van der Waals surface area (Å²) in [5, 5.41) is 3.00. The molecule has 1 fully saturated rings. The Morgan fingerprint density at radius 2 is 2.35 bits per heavy atom. The van der Waals surface area contributed by atoms with Gasteiger partial charge in [0.05, 0.1) is 11.0 Å². The second-order valence-corrected chi connectivity index (χ2v) is 6.50. The molecule has 0 radical (unpaired) electrons. The molecule has 0 aromatic carbocycles. The number of pyridine rings is 1. The molecule has 1 unspecified atom stereocenters. The molecule has 7 heteroatoms. The smallest absolute Gasteiger partial charge is 0.240 e. The van der Waals surface area contributed by atoms with Gasteiger partial charge in [-0.2, -0.15) is 0 Å². The Kier molecular flexibility index (Phi) is 5.33. The first kappa shape index (κ1) is 15.2. The molecule has 1 aliphatic heterocycles. The summed E-state index contributed by atoms with van der Waals surface area (Å²) in [6.45, 7) is 3.81. The maximum absolute atomic E-state index is 12.2. The summed E-state index contributed by atoms with van der Waals surface area (Å²) >= 11 is 0. The Morgan fingerprint density at radius 1 is 1.50 bits per heavy atom. The quantitative estimate of drug-likeness (QED) is 0.794. The summed E-state index contributed by atoms with van der Waals surface area (Å²) in [5.74, 6) is 0.564. The van der Waals surface area contributed by atoms with E-state index in [0.29, 0.717) is 25.3 Å². The summed E-state index contributed by atoms with van der Waals surface area (Å²) in [4.78, 5) is 4.29. The monoisotopic (exact) mass is 299 g/mol. The minimum absolute atomic E-state index is 0.187. The highest BCUT2D eigenvalue weighted by atomic mass is 32.2. The van der Waals surface area contributed by atoms with E-state index in [1.54, 1.807) is 0 Å². The Bertz CT molecular complexity index is 527. The van der Waals surface area contributed by atoms with Gasteiger partial charge in [-0.3, -0.25) is 0 Å². The van der Waals surface area contributed by atoms with Crippen molar-refractivity contribution in [3.05, 3.63) is 18.3 Å². The molecule has 112 valence electrons. The van der Waals surface area contributed by atoms with E-state index >= 15 is 0 Å². The van der Waals surface area contributed by atoms with Gasteiger partial charge in [-0.15, -0.1) is 0 Å². The number of aromatic nitrogens is 1. The number of sulfonamides is 1. The second kappa shape index (κ2) is 7.01. The third-order valence-corrected chi connectivity index (χ3v) is 4.64. The molecular formula is C13H21N3O3S. The van der Waals surface area contributed by atoms with Crippen molar-refractivity contribution >= 4 is 15.8 Å². The highest BCUT2D eigenvalue weighted by Gasteiger charge is 2.18. The molecule has 6 nitrogen and oxygen atoms in total. The van der Waals surface area contributed by atoms with E-state index in [4.69, 9.17) is 4.74 Å². The fourth-order valence-electron chi connectivity index (χ4n) is 2.17. The summed E-state index contributed by atoms with van der Waals surface area (Å²) in [6, 6.07) is 3.03. The van der Waals surface area contributed by atoms with Crippen molar-refractivity contribution in [1.82, 2.24) is 9.71 Å². The van der Waals surface area contributed by atoms with E-state index in [-0.39, 0.29) is 11.0 Å². The zero-order valence-corrected chi connectivity index (χ0v) is 12.4. The van der Waals surface area contributed by atoms with E-state index in [1.807, 2.05) is 6.92 Å². The predicted octanol–water partition coefficient (Wildman–Crippen LogP) is 1.36. The molecule has 1 aromatic rings. The second-order valence-electron chi connectivity index (χ2n) is 4.73. The summed E-state index contributed by atoms with van der Waals surface area (Å²) in [7, 11) is -3.48. The van der Waals surface area contributed by atoms with Crippen molar-refractivity contribution in [3.8, 4) is 0 Å². The number of rotatable bonds is 7. The fourth-order valence-corrected chi connectivity index (χ4v) is 3.23. The lowest BCUT2D eigenvalue weighted by Crippen LogP contribution is -2.27. The van der Waals surface area contributed by atoms with Gasteiger partial charge in [0.2, 0.25) is 10.0 Å². The zero-order chi connectivity index (χ0) is 14.4. The normalized spacial score (nSPS) is 19.1. The van der Waals surface area contributed by atoms with E-state index in [0.717, 1.165) is 19.4 Å². The summed E-state index contributed by atoms with van der Waals surface area (Å²) in [6.07, 6.45) is 4.47. The first-order chi connectivity index (χ1) is 9.62. The van der Waals surface area contributed by atoms with Crippen molar-refractivity contribution in [2.24, 2.45) is 0 Å². The van der Waals surface area contributed by atoms with Crippen LogP contribution in [0.1, 0.15) is 26.2 Å². The van der Waals surface area contributed by atoms with Crippen LogP contribution >= 0.6 is 0 Å². The Hall–Kier alpha value is -1.18. The van der Waals surface area contributed by atoms with Crippen LogP contribution in [0.3, 0.4) is 0 Å². The van der Waals surface area contributed by atoms with E-state index in [9.17, 15) is 8.42 Å². The lowest BCUT2D eigenvalue weighted by molar-refractivity contribution is 0.105. The third-order valence-electron chi connectivity index (χ3n) is 3.18. The number of nitrogens with zero attached hydrogens (tertiary/aromatic N) is 1. The van der Waals surface area contributed by atoms with Gasteiger partial charge in [-0.05, 0) is 32.3 Å². The third kappa shape index (κ3) is 4.16. The van der Waals surface area contributed by atoms with Crippen molar-refractivity contribution in [2.75, 3.05) is 25.0 Å². The molecule has 2 rings (SSSR count). The highest BCUT2D eigenvalue weighted by molar-refractivity contribution is 7.89. The van der Waals surface area contributed by atoms with Crippen LogP contribution in [-0.4, -0.2) is 39.2 Å². The number of nitrogens with one attached hydrogen (secondary N) is 2. The molecule has 1 aromatic heterocycles. The molecule has 0 bridgehead atoms. The standard InChI is InChI=1S/C13H21N3O3S/c1-2-14-13-10-12(6-7-15-13)20(17,18)16-8-5-11-4-3-9-19-11/h6-7,10-11,16H,2-5,8-9H2,1H3,(H,14,15). The maximum atomic E-state index is 12.2. The number of hydrogen-bond donors (Lipinski definition) is 2. The van der Waals surface area contributed by atoms with Gasteiger partial charge < -0.3 is 10.1 Å². The minimum atomic E-state index is -3.48. The van der Waals surface area contributed by atoms with Crippen LogP contribution in [0.2, 0.25) is 0 Å². The first-order valence-electron chi connectivity index (χ1n) is 6.93. The van der Waals surface area contributed by atoms with Gasteiger partial charge in [0.25, 0.3) is 0 Å². The van der Waals surface area contributed by atoms with Gasteiger partial charge in [0, 0.05) is 32.0 Å². The lowest BCUT2D eigenvalue weighted by atomic mass is 10.2. The molecule has 1 aliphatic rings. The van der Waals surface area contributed by atoms with Gasteiger partial charge in [0.1, 0.15) is 5.82 Å². The van der Waals surface area contributed by atoms with Crippen LogP contribution in [-0.2, 0) is 14.8 Å². The van der Waals surface area contributed by atoms with Crippen molar-refractivity contribution in [1.29, 1.82) is 0 Å². The molecule has 2 N–H and O–H groups in total. The SMILES string of the molecule is CCNc1cc(S(=O)(=O)NCCC2CCCO2)ccn1. The van der Waals surface area contributed by atoms with Crippen molar-refractivity contribution in [3.63, 3.8) is 0 Å². The van der Waals surface area contributed by atoms with Crippen LogP contribution < -0.4 is 10.0 Å². The Balaban J connectivity index is 1.93. The predicted molar refractivity (Wildman–Crippen MR) is 77.2 cm³/mol. The molecule has 0 saturated carbocycles. The number of anilines is 1. The average Bonchev–Trinajstić information content (AvgIpc) is 2.92. The molecular weight excluding hydrogens is 278 g/mol. The zero-order valence-electron chi connectivity index (χ0n) is 11.6. The van der Waals surface area contributed by atoms with Gasteiger partial charge >= 0.3 is 0 Å². The highest BCUT2D eigenvalue weighted by Crippen LogP contribution is 2.16. The fraction of sp³-hybridized carbons (Fsp3) is 0.615. The van der Waals surface area contributed by atoms with E-state index in [2.05, 4.69) is 15.0 Å². The van der Waals surface area contributed by atoms with Gasteiger partial charge in [-0.25, -0.2) is 18.1 Å². The molecule has 1 atom stereocenters. The van der Waals surface area contributed by atoms with Gasteiger partial charge in [0.15, 0.2) is 0 Å². The van der Waals surface area contributed by atoms with E-state index in [1.165, 1.54) is 18.3 Å². The Morgan fingerprint density at radius 3 is 3.05 bits per heavy atom. The molecule has 0 aliphatic carbocycles. The lowest BCUT2D eigenvalue weighted by Gasteiger charge is -2.11. The number of ether oxygens (including phenoxy) is 1. The van der Waals surface area contributed by atoms with Crippen LogP contribution in [0.25, 0.3) is 0 Å². The maximum Gasteiger partial charge on any atom is 0.240 e. The van der Waals surface area contributed by atoms with Crippen molar-refractivity contribution < 1.29 is 13.2 Å². The van der Waals surface area contributed by atoms with Crippen molar-refractivity contribution in [2.45, 2.75) is 37.2 Å². The average molecular weight is 299 g/mol. The molecule has 1 saturated heterocycles. The van der Waals surface area contributed by atoms with Crippen LogP contribution in [0, 0.1) is 0 Å². The molecule has 2 heterocycles. The minimum Gasteiger partial charge on any atom is -0.378 e. The number of hydrogen-bond acceptors (Lipinski definition) is 5. The van der Waals surface area contributed by atoms with E-state index < -0.39 is 10.0 Å². The summed E-state index contributed by atoms with van der Waals surface area (Å²) in [5.41, 5.74) is 0. The summed E-state index contributed by atoms with van der Waals surface area (Å²) < 4.78 is 32.4. The molecule has 0 amide bonds. The Labute approximate surface area is 120 Å². The van der Waals surface area contributed by atoms with Crippen LogP contribution in [0.4, 0.5) is 5.82 Å². The van der Waals surface area contributed by atoms with Crippen LogP contribution in [0.5, 0.6) is 0 Å². The molecule has 0 spiro atoms. The van der Waals surface area contributed by atoms with Gasteiger partial charge in [-0.1, -0.05) is 0 Å². The largest absolute Gasteiger partial charge is 0.378 e. The van der Waals surface area contributed by atoms with Crippen LogP contribution in [0.15, 0.2) is 23.2 Å².